The van der Waals surface area contributed by atoms with E-state index in [0.717, 1.165) is 38.5 Å². The summed E-state index contributed by atoms with van der Waals surface area (Å²) in [5, 5.41) is 10.2. The molecule has 1 heterocycles. The van der Waals surface area contributed by atoms with Crippen molar-refractivity contribution in [3.05, 3.63) is 75.0 Å². The first-order chi connectivity index (χ1) is 13.6. The second kappa shape index (κ2) is 10.5. The maximum atomic E-state index is 12.4. The molecule has 0 amide bonds. The number of carbonyl (C=O) groups excluding carboxylic acids is 1. The summed E-state index contributed by atoms with van der Waals surface area (Å²) in [5.41, 5.74) is 1.93. The highest BCUT2D eigenvalue weighted by Gasteiger charge is 2.14. The van der Waals surface area contributed by atoms with E-state index < -0.39 is 0 Å². The standard InChI is InChI=1S/C20H19BrClN3OS2/c1-2-25-19(13-27-11-14-3-9-17(22)10-4-14)23-24-20(25)28-12-18(26)15-5-7-16(21)8-6-15/h3-10H,2,11-13H2,1H3. The van der Waals surface area contributed by atoms with Crippen LogP contribution in [0.3, 0.4) is 0 Å². The van der Waals surface area contributed by atoms with Gasteiger partial charge in [0.05, 0.1) is 11.5 Å². The lowest BCUT2D eigenvalue weighted by Crippen LogP contribution is -2.06. The minimum atomic E-state index is 0.0850. The van der Waals surface area contributed by atoms with E-state index in [4.69, 9.17) is 11.6 Å². The van der Waals surface area contributed by atoms with Gasteiger partial charge in [-0.3, -0.25) is 4.79 Å². The summed E-state index contributed by atoms with van der Waals surface area (Å²) in [5.74, 6) is 3.02. The van der Waals surface area contributed by atoms with Gasteiger partial charge in [-0.2, -0.15) is 0 Å². The summed E-state index contributed by atoms with van der Waals surface area (Å²) in [7, 11) is 0. The van der Waals surface area contributed by atoms with Crippen molar-refractivity contribution in [1.82, 2.24) is 14.8 Å². The van der Waals surface area contributed by atoms with Crippen LogP contribution in [0.4, 0.5) is 0 Å². The zero-order valence-corrected chi connectivity index (χ0v) is 19.2. The van der Waals surface area contributed by atoms with Crippen molar-refractivity contribution in [2.45, 2.75) is 30.1 Å². The number of benzene rings is 2. The molecule has 28 heavy (non-hydrogen) atoms. The zero-order chi connectivity index (χ0) is 19.9. The van der Waals surface area contributed by atoms with E-state index in [9.17, 15) is 4.79 Å². The van der Waals surface area contributed by atoms with Gasteiger partial charge in [-0.1, -0.05) is 63.6 Å². The first-order valence-corrected chi connectivity index (χ1v) is 12.0. The van der Waals surface area contributed by atoms with Gasteiger partial charge in [0.15, 0.2) is 10.9 Å². The molecule has 0 bridgehead atoms. The van der Waals surface area contributed by atoms with E-state index in [0.29, 0.717) is 11.3 Å². The van der Waals surface area contributed by atoms with Gasteiger partial charge in [0.25, 0.3) is 0 Å². The topological polar surface area (TPSA) is 47.8 Å². The van der Waals surface area contributed by atoms with Crippen LogP contribution in [0.1, 0.15) is 28.7 Å². The number of hydrogen-bond acceptors (Lipinski definition) is 5. The number of thioether (sulfide) groups is 2. The number of carbonyl (C=O) groups is 1. The Balaban J connectivity index is 1.56. The fraction of sp³-hybridized carbons (Fsp3) is 0.250. The summed E-state index contributed by atoms with van der Waals surface area (Å²) in [4.78, 5) is 12.4. The molecule has 8 heteroatoms. The summed E-state index contributed by atoms with van der Waals surface area (Å²) in [6.45, 7) is 2.84. The van der Waals surface area contributed by atoms with E-state index in [1.165, 1.54) is 17.3 Å². The van der Waals surface area contributed by atoms with Gasteiger partial charge in [0.1, 0.15) is 5.82 Å². The molecule has 1 aromatic heterocycles. The van der Waals surface area contributed by atoms with Crippen LogP contribution in [0.25, 0.3) is 0 Å². The molecule has 0 aliphatic carbocycles. The largest absolute Gasteiger partial charge is 0.306 e. The lowest BCUT2D eigenvalue weighted by Gasteiger charge is -2.07. The van der Waals surface area contributed by atoms with Crippen molar-refractivity contribution in [1.29, 1.82) is 0 Å². The van der Waals surface area contributed by atoms with Crippen molar-refractivity contribution in [3.63, 3.8) is 0 Å². The van der Waals surface area contributed by atoms with Crippen molar-refractivity contribution in [2.75, 3.05) is 5.75 Å². The average Bonchev–Trinajstić information content (AvgIpc) is 3.10. The van der Waals surface area contributed by atoms with Crippen LogP contribution in [0.2, 0.25) is 5.02 Å². The minimum Gasteiger partial charge on any atom is -0.306 e. The maximum Gasteiger partial charge on any atom is 0.191 e. The van der Waals surface area contributed by atoms with E-state index in [1.54, 1.807) is 11.8 Å². The second-order valence-electron chi connectivity index (χ2n) is 5.98. The van der Waals surface area contributed by atoms with Gasteiger partial charge >= 0.3 is 0 Å². The monoisotopic (exact) mass is 495 g/mol. The Kier molecular flexibility index (Phi) is 8.02. The van der Waals surface area contributed by atoms with Crippen molar-refractivity contribution >= 4 is 56.8 Å². The van der Waals surface area contributed by atoms with Gasteiger partial charge in [0, 0.05) is 27.4 Å². The Morgan fingerprint density at radius 1 is 1.07 bits per heavy atom. The molecule has 0 spiro atoms. The molecule has 3 aromatic rings. The van der Waals surface area contributed by atoms with Crippen LogP contribution in [0.15, 0.2) is 58.2 Å². The number of rotatable bonds is 9. The van der Waals surface area contributed by atoms with Crippen LogP contribution >= 0.6 is 51.1 Å². The average molecular weight is 497 g/mol. The first kappa shape index (κ1) is 21.4. The summed E-state index contributed by atoms with van der Waals surface area (Å²) >= 11 is 12.5. The molecular weight excluding hydrogens is 478 g/mol. The summed E-state index contributed by atoms with van der Waals surface area (Å²) < 4.78 is 3.04. The van der Waals surface area contributed by atoms with E-state index in [2.05, 4.69) is 37.6 Å². The van der Waals surface area contributed by atoms with Gasteiger partial charge in [-0.05, 0) is 36.8 Å². The number of Topliss-reactive ketones (excluding diaryl/α,β-unsaturated/α-hetero) is 1. The highest BCUT2D eigenvalue weighted by molar-refractivity contribution is 9.10. The van der Waals surface area contributed by atoms with E-state index in [-0.39, 0.29) is 5.78 Å². The predicted molar refractivity (Wildman–Crippen MR) is 121 cm³/mol. The molecule has 3 rings (SSSR count). The fourth-order valence-electron chi connectivity index (χ4n) is 2.54. The number of halogens is 2. The zero-order valence-electron chi connectivity index (χ0n) is 15.3. The van der Waals surface area contributed by atoms with E-state index in [1.807, 2.05) is 48.5 Å². The van der Waals surface area contributed by atoms with Gasteiger partial charge in [0.2, 0.25) is 0 Å². The van der Waals surface area contributed by atoms with Crippen molar-refractivity contribution in [3.8, 4) is 0 Å². The summed E-state index contributed by atoms with van der Waals surface area (Å²) in [6, 6.07) is 15.3. The Hall–Kier alpha value is -1.28. The lowest BCUT2D eigenvalue weighted by molar-refractivity contribution is 0.102. The molecule has 0 N–H and O–H groups in total. The molecule has 2 aromatic carbocycles. The third-order valence-electron chi connectivity index (χ3n) is 4.02. The van der Waals surface area contributed by atoms with Gasteiger partial charge in [-0.15, -0.1) is 22.0 Å². The van der Waals surface area contributed by atoms with Crippen LogP contribution in [-0.4, -0.2) is 26.3 Å². The number of nitrogens with zero attached hydrogens (tertiary/aromatic N) is 3. The molecule has 0 saturated heterocycles. The molecule has 0 aliphatic heterocycles. The molecule has 0 unspecified atom stereocenters. The van der Waals surface area contributed by atoms with Crippen molar-refractivity contribution < 1.29 is 4.79 Å². The van der Waals surface area contributed by atoms with Crippen LogP contribution in [0, 0.1) is 0 Å². The van der Waals surface area contributed by atoms with E-state index >= 15 is 0 Å². The third kappa shape index (κ3) is 5.86. The molecule has 0 radical (unpaired) electrons. The van der Waals surface area contributed by atoms with Gasteiger partial charge < -0.3 is 4.57 Å². The predicted octanol–water partition coefficient (Wildman–Crippen LogP) is 6.12. The second-order valence-corrected chi connectivity index (χ2v) is 9.26. The smallest absolute Gasteiger partial charge is 0.191 e. The van der Waals surface area contributed by atoms with Crippen LogP contribution < -0.4 is 0 Å². The highest BCUT2D eigenvalue weighted by atomic mass is 79.9. The fourth-order valence-corrected chi connectivity index (χ4v) is 4.77. The Bertz CT molecular complexity index is 930. The molecular formula is C20H19BrClN3OS2. The molecule has 4 nitrogen and oxygen atoms in total. The number of hydrogen-bond donors (Lipinski definition) is 0. The highest BCUT2D eigenvalue weighted by Crippen LogP contribution is 2.23. The molecule has 146 valence electrons. The quantitative estimate of drug-likeness (QED) is 0.264. The molecule has 0 saturated carbocycles. The first-order valence-electron chi connectivity index (χ1n) is 8.72. The Morgan fingerprint density at radius 3 is 2.46 bits per heavy atom. The Morgan fingerprint density at radius 2 is 1.79 bits per heavy atom. The number of ketones is 1. The maximum absolute atomic E-state index is 12.4. The van der Waals surface area contributed by atoms with Gasteiger partial charge in [-0.25, -0.2) is 0 Å². The molecule has 0 atom stereocenters. The SMILES string of the molecule is CCn1c(CSCc2ccc(Cl)cc2)nnc1SCC(=O)c1ccc(Br)cc1. The molecule has 0 fully saturated rings. The Labute approximate surface area is 186 Å². The lowest BCUT2D eigenvalue weighted by atomic mass is 10.2. The number of aromatic nitrogens is 3. The summed E-state index contributed by atoms with van der Waals surface area (Å²) in [6.07, 6.45) is 0. The minimum absolute atomic E-state index is 0.0850. The third-order valence-corrected chi connectivity index (χ3v) is 6.77. The van der Waals surface area contributed by atoms with Crippen LogP contribution in [0.5, 0.6) is 0 Å². The van der Waals surface area contributed by atoms with Crippen molar-refractivity contribution in [2.24, 2.45) is 0 Å². The van der Waals surface area contributed by atoms with Crippen LogP contribution in [-0.2, 0) is 18.1 Å². The molecule has 0 aliphatic rings. The normalized spacial score (nSPS) is 11.0.